The maximum absolute atomic E-state index is 14.3. The van der Waals surface area contributed by atoms with Crippen molar-refractivity contribution >= 4 is 5.82 Å². The number of hydrogen-bond acceptors (Lipinski definition) is 4. The molecule has 32 heavy (non-hydrogen) atoms. The lowest BCUT2D eigenvalue weighted by molar-refractivity contribution is -0.137. The molecule has 11 heteroatoms. The number of rotatable bonds is 7. The Balaban J connectivity index is 1.69. The largest absolute Gasteiger partial charge is 0.416 e. The summed E-state index contributed by atoms with van der Waals surface area (Å²) in [6.45, 7) is 4.33. The van der Waals surface area contributed by atoms with Gasteiger partial charge in [0, 0.05) is 30.2 Å². The molecule has 3 aromatic rings. The first kappa shape index (κ1) is 22.1. The van der Waals surface area contributed by atoms with Crippen molar-refractivity contribution in [2.45, 2.75) is 58.0 Å². The molecule has 0 aromatic carbocycles. The van der Waals surface area contributed by atoms with Gasteiger partial charge in [-0.15, -0.1) is 0 Å². The summed E-state index contributed by atoms with van der Waals surface area (Å²) in [7, 11) is 0. The van der Waals surface area contributed by atoms with Crippen LogP contribution in [-0.4, -0.2) is 36.1 Å². The van der Waals surface area contributed by atoms with E-state index in [0.717, 1.165) is 28.7 Å². The van der Waals surface area contributed by atoms with Gasteiger partial charge in [-0.25, -0.2) is 18.7 Å². The molecule has 1 saturated carbocycles. The topological polar surface area (TPSA) is 69.7 Å². The average molecular weight is 452 g/mol. The Morgan fingerprint density at radius 3 is 2.56 bits per heavy atom. The highest BCUT2D eigenvalue weighted by atomic mass is 19.4. The van der Waals surface area contributed by atoms with Crippen LogP contribution in [0.4, 0.5) is 23.4 Å². The molecule has 0 amide bonds. The molecule has 1 aliphatic carbocycles. The second kappa shape index (κ2) is 8.10. The van der Waals surface area contributed by atoms with Crippen LogP contribution < -0.4 is 11.0 Å². The van der Waals surface area contributed by atoms with Gasteiger partial charge in [0.15, 0.2) is 0 Å². The normalized spacial score (nSPS) is 15.6. The minimum atomic E-state index is -4.65. The first-order valence-electron chi connectivity index (χ1n) is 10.4. The Hall–Kier alpha value is -3.11. The quantitative estimate of drug-likeness (QED) is 0.552. The third-order valence-corrected chi connectivity index (χ3v) is 5.70. The molecule has 4 rings (SSSR count). The molecule has 3 heterocycles. The van der Waals surface area contributed by atoms with Gasteiger partial charge in [-0.3, -0.25) is 9.25 Å². The fraction of sp³-hybridized carbons (Fsp3) is 0.476. The Morgan fingerprint density at radius 2 is 1.97 bits per heavy atom. The predicted octanol–water partition coefficient (Wildman–Crippen LogP) is 3.93. The number of nitrogens with one attached hydrogen (secondary N) is 1. The Labute approximate surface area is 181 Å². The summed E-state index contributed by atoms with van der Waals surface area (Å²) in [5.41, 5.74) is -1.70. The Kier molecular flexibility index (Phi) is 5.59. The fourth-order valence-corrected chi connectivity index (χ4v) is 3.74. The van der Waals surface area contributed by atoms with E-state index in [0.29, 0.717) is 25.1 Å². The minimum absolute atomic E-state index is 0.123. The highest BCUT2D eigenvalue weighted by Gasteiger charge is 2.37. The van der Waals surface area contributed by atoms with Crippen LogP contribution in [0.2, 0.25) is 0 Å². The maximum Gasteiger partial charge on any atom is 0.416 e. The van der Waals surface area contributed by atoms with E-state index in [1.165, 1.54) is 4.57 Å². The standard InChI is InChI=1S/C21H24F4N6O/c1-3-30-12-15(9-27-30)11-29-10-14(2)31(19(29)32)18-8-16(21(23,24)25)7-17(28-18)26-13-20(22)5-4-6-20/h7-10,12H,3-6,11,13H2,1-2H3,(H,26,28). The lowest BCUT2D eigenvalue weighted by atomic mass is 9.82. The molecule has 0 aliphatic heterocycles. The van der Waals surface area contributed by atoms with Gasteiger partial charge in [-0.05, 0) is 45.2 Å². The SMILES string of the molecule is CCn1cc(Cn2cc(C)n(-c3cc(C(F)(F)F)cc(NCC4(F)CCC4)n3)c2=O)cn1. The van der Waals surface area contributed by atoms with E-state index in [1.54, 1.807) is 30.2 Å². The lowest BCUT2D eigenvalue weighted by Crippen LogP contribution is -2.39. The van der Waals surface area contributed by atoms with E-state index in [1.807, 2.05) is 6.92 Å². The molecule has 0 unspecified atom stereocenters. The molecule has 1 N–H and O–H groups in total. The van der Waals surface area contributed by atoms with Crippen molar-refractivity contribution in [3.63, 3.8) is 0 Å². The van der Waals surface area contributed by atoms with Crippen LogP contribution in [0.15, 0.2) is 35.5 Å². The number of aromatic nitrogens is 5. The summed E-state index contributed by atoms with van der Waals surface area (Å²) < 4.78 is 59.1. The second-order valence-corrected chi connectivity index (χ2v) is 8.18. The van der Waals surface area contributed by atoms with E-state index >= 15 is 0 Å². The van der Waals surface area contributed by atoms with Gasteiger partial charge in [-0.1, -0.05) is 0 Å². The Bertz CT molecular complexity index is 1170. The van der Waals surface area contributed by atoms with Crippen molar-refractivity contribution in [3.05, 3.63) is 58.0 Å². The molecular weight excluding hydrogens is 428 g/mol. The zero-order valence-corrected chi connectivity index (χ0v) is 17.8. The second-order valence-electron chi connectivity index (χ2n) is 8.18. The van der Waals surface area contributed by atoms with Gasteiger partial charge in [0.05, 0.1) is 24.8 Å². The van der Waals surface area contributed by atoms with Gasteiger partial charge in [0.25, 0.3) is 0 Å². The number of halogens is 4. The third-order valence-electron chi connectivity index (χ3n) is 5.70. The maximum atomic E-state index is 14.3. The van der Waals surface area contributed by atoms with Crippen molar-refractivity contribution in [1.82, 2.24) is 23.9 Å². The van der Waals surface area contributed by atoms with Crippen LogP contribution in [0.1, 0.15) is 43.0 Å². The molecule has 172 valence electrons. The van der Waals surface area contributed by atoms with Crippen molar-refractivity contribution in [2.24, 2.45) is 0 Å². The summed E-state index contributed by atoms with van der Waals surface area (Å²) in [4.78, 5) is 17.2. The Morgan fingerprint density at radius 1 is 1.22 bits per heavy atom. The highest BCUT2D eigenvalue weighted by Crippen LogP contribution is 2.36. The van der Waals surface area contributed by atoms with E-state index in [4.69, 9.17) is 0 Å². The zero-order chi connectivity index (χ0) is 23.1. The van der Waals surface area contributed by atoms with Crippen LogP contribution in [-0.2, 0) is 19.3 Å². The minimum Gasteiger partial charge on any atom is -0.367 e. The third kappa shape index (κ3) is 4.42. The molecule has 0 atom stereocenters. The molecule has 0 radical (unpaired) electrons. The van der Waals surface area contributed by atoms with Gasteiger partial charge < -0.3 is 5.32 Å². The molecule has 1 fully saturated rings. The van der Waals surface area contributed by atoms with Gasteiger partial charge >= 0.3 is 11.9 Å². The number of aryl methyl sites for hydroxylation is 2. The number of imidazole rings is 1. The van der Waals surface area contributed by atoms with E-state index in [-0.39, 0.29) is 24.7 Å². The predicted molar refractivity (Wildman–Crippen MR) is 111 cm³/mol. The van der Waals surface area contributed by atoms with Crippen LogP contribution in [0.3, 0.4) is 0 Å². The number of nitrogens with zero attached hydrogens (tertiary/aromatic N) is 5. The molecular formula is C21H24F4N6O. The van der Waals surface area contributed by atoms with E-state index < -0.39 is 23.1 Å². The fourth-order valence-electron chi connectivity index (χ4n) is 3.74. The first-order valence-corrected chi connectivity index (χ1v) is 10.4. The molecule has 7 nitrogen and oxygen atoms in total. The lowest BCUT2D eigenvalue weighted by Gasteiger charge is -2.34. The highest BCUT2D eigenvalue weighted by molar-refractivity contribution is 5.46. The summed E-state index contributed by atoms with van der Waals surface area (Å²) >= 11 is 0. The van der Waals surface area contributed by atoms with E-state index in [2.05, 4.69) is 15.4 Å². The summed E-state index contributed by atoms with van der Waals surface area (Å²) in [6.07, 6.45) is 1.83. The van der Waals surface area contributed by atoms with Gasteiger partial charge in [-0.2, -0.15) is 18.3 Å². The van der Waals surface area contributed by atoms with Gasteiger partial charge in [0.2, 0.25) is 0 Å². The first-order chi connectivity index (χ1) is 15.1. The molecule has 0 spiro atoms. The molecule has 0 saturated heterocycles. The number of anilines is 1. The molecule has 0 bridgehead atoms. The number of alkyl halides is 4. The van der Waals surface area contributed by atoms with Gasteiger partial charge in [0.1, 0.15) is 17.3 Å². The zero-order valence-electron chi connectivity index (χ0n) is 17.8. The monoisotopic (exact) mass is 452 g/mol. The number of hydrogen-bond donors (Lipinski definition) is 1. The van der Waals surface area contributed by atoms with Crippen molar-refractivity contribution in [1.29, 1.82) is 0 Å². The van der Waals surface area contributed by atoms with Crippen molar-refractivity contribution in [2.75, 3.05) is 11.9 Å². The van der Waals surface area contributed by atoms with Crippen LogP contribution in [0, 0.1) is 6.92 Å². The molecule has 3 aromatic heterocycles. The van der Waals surface area contributed by atoms with E-state index in [9.17, 15) is 22.4 Å². The summed E-state index contributed by atoms with van der Waals surface area (Å²) in [5, 5.41) is 6.85. The van der Waals surface area contributed by atoms with Crippen LogP contribution in [0.5, 0.6) is 0 Å². The number of pyridine rings is 1. The van der Waals surface area contributed by atoms with Crippen LogP contribution in [0.25, 0.3) is 5.82 Å². The van der Waals surface area contributed by atoms with Crippen molar-refractivity contribution < 1.29 is 17.6 Å². The van der Waals surface area contributed by atoms with Crippen LogP contribution >= 0.6 is 0 Å². The van der Waals surface area contributed by atoms with Crippen molar-refractivity contribution in [3.8, 4) is 5.82 Å². The average Bonchev–Trinajstić information content (AvgIpc) is 3.28. The summed E-state index contributed by atoms with van der Waals surface area (Å²) in [5.74, 6) is -0.295. The molecule has 1 aliphatic rings. The smallest absolute Gasteiger partial charge is 0.367 e. The summed E-state index contributed by atoms with van der Waals surface area (Å²) in [6, 6.07) is 1.66.